The quantitative estimate of drug-likeness (QED) is 0.775. The van der Waals surface area contributed by atoms with Crippen LogP contribution in [0.3, 0.4) is 0 Å². The van der Waals surface area contributed by atoms with Gasteiger partial charge in [0.15, 0.2) is 6.29 Å². The van der Waals surface area contributed by atoms with E-state index < -0.39 is 0 Å². The molecule has 0 amide bonds. The molecule has 0 spiro atoms. The van der Waals surface area contributed by atoms with Crippen molar-refractivity contribution in [1.82, 2.24) is 0 Å². The van der Waals surface area contributed by atoms with E-state index in [1.165, 1.54) is 12.1 Å². The molecule has 1 fully saturated rings. The molecule has 92 valence electrons. The highest BCUT2D eigenvalue weighted by molar-refractivity contribution is 9.10. The first-order chi connectivity index (χ1) is 8.10. The standard InChI is InChI=1S/C14H18BrNO/c1-10-5-11(2)8-16(7-10)13-4-3-12(9-17)14(15)6-13/h3-4,6,9-11H,5,7-8H2,1-2H3. The SMILES string of the molecule is CC1CC(C)CN(c2ccc(C=O)c(Br)c2)C1. The van der Waals surface area contributed by atoms with Crippen molar-refractivity contribution in [3.05, 3.63) is 28.2 Å². The van der Waals surface area contributed by atoms with Gasteiger partial charge in [0.1, 0.15) is 0 Å². The number of piperidine rings is 1. The molecule has 0 N–H and O–H groups in total. The average Bonchev–Trinajstić information content (AvgIpc) is 2.27. The number of rotatable bonds is 2. The van der Waals surface area contributed by atoms with Gasteiger partial charge < -0.3 is 4.90 Å². The van der Waals surface area contributed by atoms with Crippen molar-refractivity contribution in [3.63, 3.8) is 0 Å². The fourth-order valence-electron chi connectivity index (χ4n) is 2.68. The minimum absolute atomic E-state index is 0.715. The smallest absolute Gasteiger partial charge is 0.151 e. The summed E-state index contributed by atoms with van der Waals surface area (Å²) < 4.78 is 0.885. The lowest BCUT2D eigenvalue weighted by Gasteiger charge is -2.36. The van der Waals surface area contributed by atoms with Crippen LogP contribution in [0.5, 0.6) is 0 Å². The van der Waals surface area contributed by atoms with Crippen molar-refractivity contribution in [2.45, 2.75) is 20.3 Å². The molecule has 0 aromatic heterocycles. The predicted octanol–water partition coefficient (Wildman–Crippen LogP) is 3.74. The van der Waals surface area contributed by atoms with E-state index in [1.807, 2.05) is 12.1 Å². The number of anilines is 1. The average molecular weight is 296 g/mol. The predicted molar refractivity (Wildman–Crippen MR) is 74.7 cm³/mol. The summed E-state index contributed by atoms with van der Waals surface area (Å²) in [6.45, 7) is 6.82. The Hall–Kier alpha value is -0.830. The van der Waals surface area contributed by atoms with Crippen molar-refractivity contribution < 1.29 is 4.79 Å². The minimum Gasteiger partial charge on any atom is -0.371 e. The minimum atomic E-state index is 0.715. The lowest BCUT2D eigenvalue weighted by Crippen LogP contribution is -2.38. The Morgan fingerprint density at radius 1 is 1.29 bits per heavy atom. The van der Waals surface area contributed by atoms with E-state index >= 15 is 0 Å². The van der Waals surface area contributed by atoms with Gasteiger partial charge in [0.2, 0.25) is 0 Å². The lowest BCUT2D eigenvalue weighted by atomic mass is 9.91. The Morgan fingerprint density at radius 2 is 1.94 bits per heavy atom. The van der Waals surface area contributed by atoms with Gasteiger partial charge in [0.05, 0.1) is 0 Å². The summed E-state index contributed by atoms with van der Waals surface area (Å²) in [5, 5.41) is 0. The molecule has 1 aliphatic rings. The highest BCUT2D eigenvalue weighted by Gasteiger charge is 2.22. The number of benzene rings is 1. The molecule has 1 aromatic carbocycles. The van der Waals surface area contributed by atoms with Crippen LogP contribution in [-0.4, -0.2) is 19.4 Å². The second kappa shape index (κ2) is 5.21. The maximum absolute atomic E-state index is 10.8. The van der Waals surface area contributed by atoms with Crippen molar-refractivity contribution in [2.75, 3.05) is 18.0 Å². The number of halogens is 1. The fraction of sp³-hybridized carbons (Fsp3) is 0.500. The van der Waals surface area contributed by atoms with Gasteiger partial charge in [-0.05, 0) is 52.4 Å². The number of aldehydes is 1. The molecule has 2 nitrogen and oxygen atoms in total. The molecule has 0 saturated carbocycles. The number of carbonyl (C=O) groups is 1. The Balaban J connectivity index is 2.21. The summed E-state index contributed by atoms with van der Waals surface area (Å²) in [7, 11) is 0. The van der Waals surface area contributed by atoms with Crippen LogP contribution in [0.2, 0.25) is 0 Å². The van der Waals surface area contributed by atoms with E-state index in [-0.39, 0.29) is 0 Å². The second-order valence-corrected chi connectivity index (χ2v) is 6.03. The van der Waals surface area contributed by atoms with Gasteiger partial charge in [-0.1, -0.05) is 13.8 Å². The Kier molecular flexibility index (Phi) is 3.87. The first kappa shape index (κ1) is 12.6. The summed E-state index contributed by atoms with van der Waals surface area (Å²) in [5.74, 6) is 1.48. The normalized spacial score (nSPS) is 24.8. The second-order valence-electron chi connectivity index (χ2n) is 5.17. The van der Waals surface area contributed by atoms with E-state index in [2.05, 4.69) is 40.7 Å². The maximum Gasteiger partial charge on any atom is 0.151 e. The van der Waals surface area contributed by atoms with Crippen LogP contribution < -0.4 is 4.90 Å². The molecule has 0 bridgehead atoms. The van der Waals surface area contributed by atoms with Crippen LogP contribution in [0.25, 0.3) is 0 Å². The number of hydrogen-bond donors (Lipinski definition) is 0. The molecule has 0 aliphatic carbocycles. The summed E-state index contributed by atoms with van der Waals surface area (Å²) in [6.07, 6.45) is 2.19. The van der Waals surface area contributed by atoms with Crippen molar-refractivity contribution in [1.29, 1.82) is 0 Å². The third-order valence-electron chi connectivity index (χ3n) is 3.35. The van der Waals surface area contributed by atoms with Gasteiger partial charge in [-0.3, -0.25) is 4.79 Å². The third kappa shape index (κ3) is 2.89. The monoisotopic (exact) mass is 295 g/mol. The number of nitrogens with zero attached hydrogens (tertiary/aromatic N) is 1. The van der Waals surface area contributed by atoms with Crippen LogP contribution in [0, 0.1) is 11.8 Å². The first-order valence-electron chi connectivity index (χ1n) is 6.10. The van der Waals surface area contributed by atoms with Crippen LogP contribution >= 0.6 is 15.9 Å². The van der Waals surface area contributed by atoms with Crippen molar-refractivity contribution in [2.24, 2.45) is 11.8 Å². The Bertz CT molecular complexity index is 409. The summed E-state index contributed by atoms with van der Waals surface area (Å²) in [6, 6.07) is 5.98. The molecule has 0 radical (unpaired) electrons. The van der Waals surface area contributed by atoms with Crippen molar-refractivity contribution in [3.8, 4) is 0 Å². The van der Waals surface area contributed by atoms with Gasteiger partial charge in [0.25, 0.3) is 0 Å². The van der Waals surface area contributed by atoms with Gasteiger partial charge in [0, 0.05) is 28.8 Å². The van der Waals surface area contributed by atoms with E-state index in [1.54, 1.807) is 0 Å². The molecule has 2 unspecified atom stereocenters. The zero-order valence-electron chi connectivity index (χ0n) is 10.3. The molecule has 2 rings (SSSR count). The first-order valence-corrected chi connectivity index (χ1v) is 6.89. The van der Waals surface area contributed by atoms with Gasteiger partial charge in [-0.25, -0.2) is 0 Å². The molecular formula is C14H18BrNO. The summed E-state index contributed by atoms with van der Waals surface area (Å²) in [4.78, 5) is 13.2. The van der Waals surface area contributed by atoms with Crippen LogP contribution in [-0.2, 0) is 0 Å². The third-order valence-corrected chi connectivity index (χ3v) is 4.03. The zero-order chi connectivity index (χ0) is 12.4. The van der Waals surface area contributed by atoms with Crippen LogP contribution in [0.15, 0.2) is 22.7 Å². The molecule has 17 heavy (non-hydrogen) atoms. The van der Waals surface area contributed by atoms with E-state index in [0.717, 1.165) is 35.7 Å². The Labute approximate surface area is 111 Å². The molecular weight excluding hydrogens is 278 g/mol. The number of carbonyl (C=O) groups excluding carboxylic acids is 1. The zero-order valence-corrected chi connectivity index (χ0v) is 11.9. The molecule has 2 atom stereocenters. The lowest BCUT2D eigenvalue weighted by molar-refractivity contribution is 0.112. The highest BCUT2D eigenvalue weighted by atomic mass is 79.9. The van der Waals surface area contributed by atoms with E-state index in [4.69, 9.17) is 0 Å². The van der Waals surface area contributed by atoms with Crippen LogP contribution in [0.4, 0.5) is 5.69 Å². The van der Waals surface area contributed by atoms with Crippen LogP contribution in [0.1, 0.15) is 30.6 Å². The van der Waals surface area contributed by atoms with Gasteiger partial charge in [-0.15, -0.1) is 0 Å². The van der Waals surface area contributed by atoms with Crippen molar-refractivity contribution >= 4 is 27.9 Å². The molecule has 1 saturated heterocycles. The molecule has 1 heterocycles. The van der Waals surface area contributed by atoms with Gasteiger partial charge in [-0.2, -0.15) is 0 Å². The molecule has 1 aliphatic heterocycles. The summed E-state index contributed by atoms with van der Waals surface area (Å²) >= 11 is 3.45. The Morgan fingerprint density at radius 3 is 2.47 bits per heavy atom. The van der Waals surface area contributed by atoms with E-state index in [9.17, 15) is 4.79 Å². The van der Waals surface area contributed by atoms with E-state index in [0.29, 0.717) is 5.56 Å². The maximum atomic E-state index is 10.8. The topological polar surface area (TPSA) is 20.3 Å². The molecule has 1 aromatic rings. The fourth-order valence-corrected chi connectivity index (χ4v) is 3.14. The van der Waals surface area contributed by atoms with Gasteiger partial charge >= 0.3 is 0 Å². The number of hydrogen-bond acceptors (Lipinski definition) is 2. The summed E-state index contributed by atoms with van der Waals surface area (Å²) in [5.41, 5.74) is 1.92. The highest BCUT2D eigenvalue weighted by Crippen LogP contribution is 2.29. The largest absolute Gasteiger partial charge is 0.371 e. The molecule has 3 heteroatoms.